The van der Waals surface area contributed by atoms with Gasteiger partial charge < -0.3 is 10.2 Å². The van der Waals surface area contributed by atoms with Crippen molar-refractivity contribution in [2.75, 3.05) is 0 Å². The molecule has 0 saturated carbocycles. The van der Waals surface area contributed by atoms with Gasteiger partial charge in [-0.2, -0.15) is 26.3 Å². The van der Waals surface area contributed by atoms with Crippen LogP contribution in [-0.2, 0) is 18.8 Å². The normalized spacial score (nSPS) is 14.0. The third kappa shape index (κ3) is 4.31. The first-order valence-electron chi connectivity index (χ1n) is 7.15. The topological polar surface area (TPSA) is 39.2 Å². The second kappa shape index (κ2) is 6.51. The minimum absolute atomic E-state index is 0.0649. The minimum atomic E-state index is -4.89. The standard InChI is InChI=1S/C16H15F6NO/c1-2-12(23)8-13-3-4-14(24-13)9-5-10(15(17,18)19)7-11(6-9)16(20,21)22/h3-7,12H,2,8,23H2,1H3. The molecule has 0 saturated heterocycles. The van der Waals surface area contributed by atoms with Crippen molar-refractivity contribution in [1.29, 1.82) is 0 Å². The van der Waals surface area contributed by atoms with E-state index in [1.807, 2.05) is 6.92 Å². The van der Waals surface area contributed by atoms with E-state index in [-0.39, 0.29) is 23.4 Å². The Morgan fingerprint density at radius 2 is 1.50 bits per heavy atom. The molecule has 0 aliphatic carbocycles. The van der Waals surface area contributed by atoms with Gasteiger partial charge in [0.25, 0.3) is 0 Å². The zero-order valence-electron chi connectivity index (χ0n) is 12.6. The van der Waals surface area contributed by atoms with E-state index in [2.05, 4.69) is 0 Å². The van der Waals surface area contributed by atoms with Gasteiger partial charge in [0, 0.05) is 18.0 Å². The Morgan fingerprint density at radius 3 is 1.96 bits per heavy atom. The van der Waals surface area contributed by atoms with Gasteiger partial charge in [0.05, 0.1) is 11.1 Å². The summed E-state index contributed by atoms with van der Waals surface area (Å²) in [4.78, 5) is 0. The van der Waals surface area contributed by atoms with Crippen molar-refractivity contribution in [2.45, 2.75) is 38.2 Å². The Labute approximate surface area is 134 Å². The molecule has 0 amide bonds. The highest BCUT2D eigenvalue weighted by Gasteiger charge is 2.37. The van der Waals surface area contributed by atoms with Crippen molar-refractivity contribution < 1.29 is 30.8 Å². The monoisotopic (exact) mass is 351 g/mol. The fraction of sp³-hybridized carbons (Fsp3) is 0.375. The van der Waals surface area contributed by atoms with Crippen molar-refractivity contribution in [3.8, 4) is 11.3 Å². The van der Waals surface area contributed by atoms with E-state index in [0.29, 0.717) is 30.7 Å². The molecule has 0 aliphatic heterocycles. The number of nitrogens with two attached hydrogens (primary N) is 1. The maximum atomic E-state index is 12.9. The predicted molar refractivity (Wildman–Crippen MR) is 76.1 cm³/mol. The number of hydrogen-bond donors (Lipinski definition) is 1. The molecule has 2 aromatic rings. The van der Waals surface area contributed by atoms with Crippen LogP contribution in [-0.4, -0.2) is 6.04 Å². The Bertz CT molecular complexity index is 669. The molecule has 2 nitrogen and oxygen atoms in total. The van der Waals surface area contributed by atoms with E-state index < -0.39 is 23.5 Å². The molecule has 0 bridgehead atoms. The SMILES string of the molecule is CCC(N)Cc1ccc(-c2cc(C(F)(F)F)cc(C(F)(F)F)c2)o1. The first kappa shape index (κ1) is 18.4. The van der Waals surface area contributed by atoms with E-state index in [1.165, 1.54) is 12.1 Å². The third-order valence-corrected chi connectivity index (χ3v) is 3.52. The van der Waals surface area contributed by atoms with Gasteiger partial charge in [-0.05, 0) is 36.8 Å². The highest BCUT2D eigenvalue weighted by molar-refractivity contribution is 5.61. The van der Waals surface area contributed by atoms with E-state index >= 15 is 0 Å². The molecule has 8 heteroatoms. The number of alkyl halides is 6. The quantitative estimate of drug-likeness (QED) is 0.763. The Balaban J connectivity index is 2.46. The van der Waals surface area contributed by atoms with E-state index in [0.717, 1.165) is 0 Å². The van der Waals surface area contributed by atoms with Gasteiger partial charge in [-0.1, -0.05) is 6.92 Å². The number of benzene rings is 1. The summed E-state index contributed by atoms with van der Waals surface area (Å²) >= 11 is 0. The summed E-state index contributed by atoms with van der Waals surface area (Å²) in [5.41, 5.74) is 2.72. The van der Waals surface area contributed by atoms with Gasteiger partial charge in [-0.25, -0.2) is 0 Å². The van der Waals surface area contributed by atoms with Crippen molar-refractivity contribution >= 4 is 0 Å². The molecule has 0 fully saturated rings. The molecule has 1 atom stereocenters. The predicted octanol–water partition coefficient (Wildman–Crippen LogP) is 5.26. The zero-order valence-corrected chi connectivity index (χ0v) is 12.6. The summed E-state index contributed by atoms with van der Waals surface area (Å²) in [7, 11) is 0. The second-order valence-electron chi connectivity index (χ2n) is 5.43. The highest BCUT2D eigenvalue weighted by Crippen LogP contribution is 2.38. The van der Waals surface area contributed by atoms with Crippen LogP contribution >= 0.6 is 0 Å². The highest BCUT2D eigenvalue weighted by atomic mass is 19.4. The molecule has 0 aliphatic rings. The number of hydrogen-bond acceptors (Lipinski definition) is 2. The number of furan rings is 1. The van der Waals surface area contributed by atoms with E-state index in [4.69, 9.17) is 10.2 Å². The third-order valence-electron chi connectivity index (χ3n) is 3.52. The number of halogens is 6. The average Bonchev–Trinajstić information content (AvgIpc) is 2.93. The van der Waals surface area contributed by atoms with Crippen molar-refractivity contribution in [3.63, 3.8) is 0 Å². The first-order valence-corrected chi connectivity index (χ1v) is 7.15. The van der Waals surface area contributed by atoms with Gasteiger partial charge in [0.15, 0.2) is 0 Å². The lowest BCUT2D eigenvalue weighted by atomic mass is 10.0. The largest absolute Gasteiger partial charge is 0.461 e. The molecule has 1 aromatic heterocycles. The summed E-state index contributed by atoms with van der Waals surface area (Å²) in [6.07, 6.45) is -8.77. The lowest BCUT2D eigenvalue weighted by Gasteiger charge is -2.13. The molecule has 0 radical (unpaired) electrons. The van der Waals surface area contributed by atoms with Crippen LogP contribution in [0, 0.1) is 0 Å². The second-order valence-corrected chi connectivity index (χ2v) is 5.43. The van der Waals surface area contributed by atoms with Crippen LogP contribution in [0.3, 0.4) is 0 Å². The maximum Gasteiger partial charge on any atom is 0.416 e. The molecular formula is C16H15F6NO. The van der Waals surface area contributed by atoms with Crippen molar-refractivity contribution in [1.82, 2.24) is 0 Å². The lowest BCUT2D eigenvalue weighted by molar-refractivity contribution is -0.143. The van der Waals surface area contributed by atoms with E-state index in [1.54, 1.807) is 0 Å². The molecule has 0 spiro atoms. The Morgan fingerprint density at radius 1 is 0.958 bits per heavy atom. The summed E-state index contributed by atoms with van der Waals surface area (Å²) in [5, 5.41) is 0. The Kier molecular flexibility index (Phi) is 4.98. The van der Waals surface area contributed by atoms with Crippen LogP contribution in [0.2, 0.25) is 0 Å². The van der Waals surface area contributed by atoms with Gasteiger partial charge in [-0.15, -0.1) is 0 Å². The summed E-state index contributed by atoms with van der Waals surface area (Å²) < 4.78 is 82.5. The first-order chi connectivity index (χ1) is 11.0. The van der Waals surface area contributed by atoms with Crippen LogP contribution in [0.25, 0.3) is 11.3 Å². The molecule has 24 heavy (non-hydrogen) atoms. The smallest absolute Gasteiger partial charge is 0.416 e. The van der Waals surface area contributed by atoms with Gasteiger partial charge in [0.2, 0.25) is 0 Å². The van der Waals surface area contributed by atoms with Crippen LogP contribution in [0.1, 0.15) is 30.2 Å². The minimum Gasteiger partial charge on any atom is -0.461 e. The fourth-order valence-electron chi connectivity index (χ4n) is 2.14. The van der Waals surface area contributed by atoms with Crippen molar-refractivity contribution in [3.05, 3.63) is 47.2 Å². The summed E-state index contributed by atoms with van der Waals surface area (Å²) in [5.74, 6) is 0.343. The molecular weight excluding hydrogens is 336 g/mol. The number of rotatable bonds is 4. The molecule has 1 heterocycles. The van der Waals surface area contributed by atoms with Crippen molar-refractivity contribution in [2.24, 2.45) is 5.73 Å². The Hall–Kier alpha value is -1.96. The van der Waals surface area contributed by atoms with Gasteiger partial charge in [-0.3, -0.25) is 0 Å². The summed E-state index contributed by atoms with van der Waals surface area (Å²) in [6.45, 7) is 1.86. The van der Waals surface area contributed by atoms with Crippen LogP contribution in [0.15, 0.2) is 34.7 Å². The molecule has 2 N–H and O–H groups in total. The van der Waals surface area contributed by atoms with Gasteiger partial charge in [0.1, 0.15) is 11.5 Å². The molecule has 132 valence electrons. The average molecular weight is 351 g/mol. The molecule has 1 unspecified atom stereocenters. The lowest BCUT2D eigenvalue weighted by Crippen LogP contribution is -2.20. The van der Waals surface area contributed by atoms with Crippen LogP contribution in [0.5, 0.6) is 0 Å². The summed E-state index contributed by atoms with van der Waals surface area (Å²) in [6, 6.07) is 4.00. The molecule has 1 aromatic carbocycles. The van der Waals surface area contributed by atoms with Gasteiger partial charge >= 0.3 is 12.4 Å². The van der Waals surface area contributed by atoms with E-state index in [9.17, 15) is 26.3 Å². The fourth-order valence-corrected chi connectivity index (χ4v) is 2.14. The van der Waals surface area contributed by atoms with Crippen LogP contribution in [0.4, 0.5) is 26.3 Å². The molecule has 2 rings (SSSR count). The zero-order chi connectivity index (χ0) is 18.1. The maximum absolute atomic E-state index is 12.9. The van der Waals surface area contributed by atoms with Crippen LogP contribution < -0.4 is 5.73 Å².